The Bertz CT molecular complexity index is 820. The van der Waals surface area contributed by atoms with E-state index >= 15 is 0 Å². The van der Waals surface area contributed by atoms with Crippen molar-refractivity contribution in [3.8, 4) is 17.1 Å². The second-order valence-electron chi connectivity index (χ2n) is 4.77. The molecule has 1 heterocycles. The summed E-state index contributed by atoms with van der Waals surface area (Å²) in [6.45, 7) is 0. The van der Waals surface area contributed by atoms with Gasteiger partial charge in [0.25, 0.3) is 0 Å². The topological polar surface area (TPSA) is 102 Å². The van der Waals surface area contributed by atoms with Gasteiger partial charge in [-0.05, 0) is 36.4 Å². The van der Waals surface area contributed by atoms with Crippen LogP contribution in [0.3, 0.4) is 0 Å². The molecule has 0 saturated carbocycles. The predicted octanol–water partition coefficient (Wildman–Crippen LogP) is 1.96. The summed E-state index contributed by atoms with van der Waals surface area (Å²) in [4.78, 5) is 7.90. The minimum atomic E-state index is 0.655. The summed E-state index contributed by atoms with van der Waals surface area (Å²) in [7, 11) is 1.64. The molecule has 6 nitrogen and oxygen atoms in total. The van der Waals surface area contributed by atoms with Crippen LogP contribution in [0.1, 0.15) is 5.56 Å². The van der Waals surface area contributed by atoms with E-state index in [4.69, 9.17) is 16.3 Å². The van der Waals surface area contributed by atoms with Crippen LogP contribution in [0.4, 0.5) is 0 Å². The molecular weight excluding hydrogens is 278 g/mol. The van der Waals surface area contributed by atoms with E-state index in [1.807, 2.05) is 42.5 Å². The number of fused-ring (bicyclic) bond motifs is 1. The van der Waals surface area contributed by atoms with Gasteiger partial charge in [-0.25, -0.2) is 4.98 Å². The fourth-order valence-electron chi connectivity index (χ4n) is 2.29. The Morgan fingerprint density at radius 1 is 1.23 bits per heavy atom. The first-order valence-corrected chi connectivity index (χ1v) is 6.78. The van der Waals surface area contributed by atoms with Crippen molar-refractivity contribution >= 4 is 16.7 Å². The lowest BCUT2D eigenvalue weighted by Crippen LogP contribution is -2.20. The molecule has 0 spiro atoms. The van der Waals surface area contributed by atoms with Crippen LogP contribution in [0, 0.1) is 0 Å². The zero-order valence-corrected chi connectivity index (χ0v) is 12.1. The van der Waals surface area contributed by atoms with Crippen molar-refractivity contribution in [3.05, 3.63) is 54.2 Å². The van der Waals surface area contributed by atoms with Crippen molar-refractivity contribution in [2.24, 2.45) is 11.6 Å². The van der Waals surface area contributed by atoms with Gasteiger partial charge in [-0.3, -0.25) is 5.84 Å². The third-order valence-corrected chi connectivity index (χ3v) is 3.48. The summed E-state index contributed by atoms with van der Waals surface area (Å²) in [6.07, 6.45) is 1.43. The Morgan fingerprint density at radius 2 is 2.00 bits per heavy atom. The maximum Gasteiger partial charge on any atom is 0.138 e. The van der Waals surface area contributed by atoms with Crippen LogP contribution in [0.25, 0.3) is 28.1 Å². The van der Waals surface area contributed by atoms with Gasteiger partial charge in [0.05, 0.1) is 23.8 Å². The first-order valence-electron chi connectivity index (χ1n) is 6.78. The van der Waals surface area contributed by atoms with Gasteiger partial charge in [0.2, 0.25) is 0 Å². The number of H-pyrrole nitrogens is 1. The van der Waals surface area contributed by atoms with Gasteiger partial charge >= 0.3 is 0 Å². The standard InChI is InChI=1S/C16H17N5O/c1-22-12-5-2-10(3-6-12)16-19-13-7-4-11(8-14(13)20-16)15(9-17)21-18/h2-9,21H,17-18H2,1H3,(H,19,20)/b15-9-. The first-order chi connectivity index (χ1) is 10.7. The average molecular weight is 295 g/mol. The summed E-state index contributed by atoms with van der Waals surface area (Å²) in [6, 6.07) is 13.5. The molecule has 0 aliphatic rings. The molecule has 0 saturated heterocycles. The molecule has 0 aliphatic heterocycles. The number of aromatic amines is 1. The maximum atomic E-state index is 5.54. The summed E-state index contributed by atoms with van der Waals surface area (Å²) in [5, 5.41) is 0. The minimum Gasteiger partial charge on any atom is -0.497 e. The minimum absolute atomic E-state index is 0.655. The Hall–Kier alpha value is -2.99. The number of nitrogens with two attached hydrogens (primary N) is 2. The molecule has 0 unspecified atom stereocenters. The maximum absolute atomic E-state index is 5.54. The zero-order valence-electron chi connectivity index (χ0n) is 12.1. The summed E-state index contributed by atoms with van der Waals surface area (Å²) >= 11 is 0. The molecule has 0 radical (unpaired) electrons. The highest BCUT2D eigenvalue weighted by molar-refractivity contribution is 5.83. The van der Waals surface area contributed by atoms with E-state index in [1.165, 1.54) is 6.20 Å². The Kier molecular flexibility index (Phi) is 3.67. The molecule has 0 bridgehead atoms. The molecule has 0 atom stereocenters. The molecule has 0 fully saturated rings. The number of aromatic nitrogens is 2. The molecule has 0 aliphatic carbocycles. The van der Waals surface area contributed by atoms with Gasteiger partial charge < -0.3 is 20.9 Å². The number of hydrogen-bond acceptors (Lipinski definition) is 5. The van der Waals surface area contributed by atoms with Crippen molar-refractivity contribution < 1.29 is 4.74 Å². The number of nitrogens with zero attached hydrogens (tertiary/aromatic N) is 1. The molecule has 22 heavy (non-hydrogen) atoms. The number of ether oxygens (including phenoxy) is 1. The summed E-state index contributed by atoms with van der Waals surface area (Å²) < 4.78 is 5.16. The van der Waals surface area contributed by atoms with Crippen LogP contribution >= 0.6 is 0 Å². The van der Waals surface area contributed by atoms with E-state index in [-0.39, 0.29) is 0 Å². The molecular formula is C16H17N5O. The van der Waals surface area contributed by atoms with Gasteiger partial charge in [-0.1, -0.05) is 6.07 Å². The zero-order chi connectivity index (χ0) is 15.5. The number of benzene rings is 2. The number of imidazole rings is 1. The van der Waals surface area contributed by atoms with Crippen LogP contribution in [0.5, 0.6) is 5.75 Å². The highest BCUT2D eigenvalue weighted by Crippen LogP contribution is 2.24. The first kappa shape index (κ1) is 14.0. The Balaban J connectivity index is 2.02. The van der Waals surface area contributed by atoms with Gasteiger partial charge in [-0.2, -0.15) is 0 Å². The van der Waals surface area contributed by atoms with Crippen molar-refractivity contribution in [1.82, 2.24) is 15.4 Å². The van der Waals surface area contributed by atoms with Gasteiger partial charge in [0.15, 0.2) is 0 Å². The van der Waals surface area contributed by atoms with E-state index in [9.17, 15) is 0 Å². The third-order valence-electron chi connectivity index (χ3n) is 3.48. The molecule has 1 aromatic heterocycles. The summed E-state index contributed by atoms with van der Waals surface area (Å²) in [5.41, 5.74) is 12.4. The van der Waals surface area contributed by atoms with E-state index in [0.29, 0.717) is 5.70 Å². The number of hydrogen-bond donors (Lipinski definition) is 4. The molecule has 3 aromatic rings. The monoisotopic (exact) mass is 295 g/mol. The number of nitrogens with one attached hydrogen (secondary N) is 2. The number of hydrazine groups is 1. The Morgan fingerprint density at radius 3 is 2.64 bits per heavy atom. The molecule has 6 heteroatoms. The van der Waals surface area contributed by atoms with Crippen LogP contribution < -0.4 is 21.7 Å². The van der Waals surface area contributed by atoms with Crippen LogP contribution in [0.15, 0.2) is 48.7 Å². The number of rotatable bonds is 4. The van der Waals surface area contributed by atoms with E-state index < -0.39 is 0 Å². The third kappa shape index (κ3) is 2.47. The van der Waals surface area contributed by atoms with E-state index in [0.717, 1.165) is 33.7 Å². The number of methoxy groups -OCH3 is 1. The molecule has 0 amide bonds. The molecule has 112 valence electrons. The second-order valence-corrected chi connectivity index (χ2v) is 4.77. The average Bonchev–Trinajstić information content (AvgIpc) is 2.99. The van der Waals surface area contributed by atoms with Crippen molar-refractivity contribution in [3.63, 3.8) is 0 Å². The molecule has 6 N–H and O–H groups in total. The summed E-state index contributed by atoms with van der Waals surface area (Å²) in [5.74, 6) is 7.06. The lowest BCUT2D eigenvalue weighted by atomic mass is 10.1. The lowest BCUT2D eigenvalue weighted by Gasteiger charge is -2.04. The van der Waals surface area contributed by atoms with Gasteiger partial charge in [0, 0.05) is 17.3 Å². The molecule has 3 rings (SSSR count). The smallest absolute Gasteiger partial charge is 0.138 e. The van der Waals surface area contributed by atoms with Gasteiger partial charge in [0.1, 0.15) is 11.6 Å². The quantitative estimate of drug-likeness (QED) is 0.435. The molecule has 2 aromatic carbocycles. The fraction of sp³-hybridized carbons (Fsp3) is 0.0625. The lowest BCUT2D eigenvalue weighted by molar-refractivity contribution is 0.415. The van der Waals surface area contributed by atoms with Crippen molar-refractivity contribution in [2.75, 3.05) is 7.11 Å². The van der Waals surface area contributed by atoms with Crippen LogP contribution in [-0.4, -0.2) is 17.1 Å². The largest absolute Gasteiger partial charge is 0.497 e. The highest BCUT2D eigenvalue weighted by atomic mass is 16.5. The SMILES string of the molecule is COc1ccc(-c2nc3ccc(/C(=C/N)NN)cc3[nH]2)cc1. The van der Waals surface area contributed by atoms with E-state index in [1.54, 1.807) is 7.11 Å². The van der Waals surface area contributed by atoms with E-state index in [2.05, 4.69) is 15.4 Å². The van der Waals surface area contributed by atoms with Crippen molar-refractivity contribution in [2.45, 2.75) is 0 Å². The van der Waals surface area contributed by atoms with Crippen molar-refractivity contribution in [1.29, 1.82) is 0 Å². The van der Waals surface area contributed by atoms with Crippen LogP contribution in [-0.2, 0) is 0 Å². The van der Waals surface area contributed by atoms with Crippen LogP contribution in [0.2, 0.25) is 0 Å². The normalized spacial score (nSPS) is 11.6. The fourth-order valence-corrected chi connectivity index (χ4v) is 2.29. The Labute approximate surface area is 127 Å². The highest BCUT2D eigenvalue weighted by Gasteiger charge is 2.07. The second kappa shape index (κ2) is 5.79. The predicted molar refractivity (Wildman–Crippen MR) is 87.6 cm³/mol. The van der Waals surface area contributed by atoms with Gasteiger partial charge in [-0.15, -0.1) is 0 Å².